The molecule has 1 fully saturated rings. The summed E-state index contributed by atoms with van der Waals surface area (Å²) in [5.74, 6) is 0.180. The van der Waals surface area contributed by atoms with Gasteiger partial charge in [0.15, 0.2) is 11.5 Å². The van der Waals surface area contributed by atoms with Crippen LogP contribution in [0.2, 0.25) is 0 Å². The summed E-state index contributed by atoms with van der Waals surface area (Å²) >= 11 is 0. The SMILES string of the molecule is CCCOc1ccc(C(C)NC(=O)CC2(C(=O)O)CCC2)cc1OC. The number of carboxylic acid groups (broad SMARTS) is 1. The molecule has 0 aliphatic heterocycles. The second kappa shape index (κ2) is 8.23. The standard InChI is InChI=1S/C19H27NO5/c1-4-10-25-15-7-6-14(11-16(15)24-3)13(2)20-17(21)12-19(18(22)23)8-5-9-19/h6-7,11,13H,4-5,8-10,12H2,1-3H3,(H,20,21)(H,22,23). The number of hydrogen-bond donors (Lipinski definition) is 2. The normalized spacial score (nSPS) is 16.4. The van der Waals surface area contributed by atoms with Crippen molar-refractivity contribution in [2.24, 2.45) is 5.41 Å². The first-order chi connectivity index (χ1) is 11.9. The lowest BCUT2D eigenvalue weighted by atomic mass is 9.66. The van der Waals surface area contributed by atoms with Crippen molar-refractivity contribution in [1.82, 2.24) is 5.32 Å². The summed E-state index contributed by atoms with van der Waals surface area (Å²) in [6.45, 7) is 4.51. The number of amides is 1. The molecular formula is C19H27NO5. The number of nitrogens with one attached hydrogen (secondary N) is 1. The summed E-state index contributed by atoms with van der Waals surface area (Å²) in [5, 5.41) is 12.2. The molecule has 1 amide bonds. The molecule has 6 heteroatoms. The van der Waals surface area contributed by atoms with Crippen LogP contribution in [0.3, 0.4) is 0 Å². The molecule has 1 unspecified atom stereocenters. The molecule has 6 nitrogen and oxygen atoms in total. The molecule has 1 atom stereocenters. The lowest BCUT2D eigenvalue weighted by Crippen LogP contribution is -2.43. The van der Waals surface area contributed by atoms with E-state index < -0.39 is 11.4 Å². The zero-order valence-corrected chi connectivity index (χ0v) is 15.1. The van der Waals surface area contributed by atoms with Gasteiger partial charge in [0.1, 0.15) is 0 Å². The minimum absolute atomic E-state index is 0.0293. The van der Waals surface area contributed by atoms with Crippen LogP contribution in [0, 0.1) is 5.41 Å². The maximum absolute atomic E-state index is 12.3. The van der Waals surface area contributed by atoms with E-state index >= 15 is 0 Å². The lowest BCUT2D eigenvalue weighted by Gasteiger charge is -2.37. The Bertz CT molecular complexity index is 624. The second-order valence-electron chi connectivity index (χ2n) is 6.66. The number of aliphatic carboxylic acids is 1. The number of rotatable bonds is 9. The second-order valence-corrected chi connectivity index (χ2v) is 6.66. The average Bonchev–Trinajstić information content (AvgIpc) is 2.55. The molecule has 1 aliphatic rings. The van der Waals surface area contributed by atoms with Crippen molar-refractivity contribution < 1.29 is 24.2 Å². The molecule has 1 saturated carbocycles. The molecule has 2 rings (SSSR count). The van der Waals surface area contributed by atoms with Gasteiger partial charge in [0, 0.05) is 6.42 Å². The van der Waals surface area contributed by atoms with Crippen LogP contribution in [0.5, 0.6) is 11.5 Å². The Morgan fingerprint density at radius 2 is 2.04 bits per heavy atom. The van der Waals surface area contributed by atoms with Crippen LogP contribution in [0.4, 0.5) is 0 Å². The number of carboxylic acids is 1. The highest BCUT2D eigenvalue weighted by atomic mass is 16.5. The molecule has 0 saturated heterocycles. The molecule has 0 spiro atoms. The molecule has 0 radical (unpaired) electrons. The highest BCUT2D eigenvalue weighted by molar-refractivity contribution is 5.85. The predicted octanol–water partition coefficient (Wildman–Crippen LogP) is 3.31. The highest BCUT2D eigenvalue weighted by Crippen LogP contribution is 2.44. The molecule has 1 aliphatic carbocycles. The Kier molecular flexibility index (Phi) is 6.28. The quantitative estimate of drug-likeness (QED) is 0.714. The van der Waals surface area contributed by atoms with Crippen molar-refractivity contribution in [3.8, 4) is 11.5 Å². The molecule has 25 heavy (non-hydrogen) atoms. The summed E-state index contributed by atoms with van der Waals surface area (Å²) in [6.07, 6.45) is 2.94. The number of ether oxygens (including phenoxy) is 2. The first-order valence-electron chi connectivity index (χ1n) is 8.75. The Morgan fingerprint density at radius 3 is 2.56 bits per heavy atom. The predicted molar refractivity (Wildman–Crippen MR) is 93.9 cm³/mol. The molecule has 0 aromatic heterocycles. The van der Waals surface area contributed by atoms with E-state index in [9.17, 15) is 14.7 Å². The average molecular weight is 349 g/mol. The fourth-order valence-electron chi connectivity index (χ4n) is 3.04. The van der Waals surface area contributed by atoms with E-state index in [1.807, 2.05) is 32.0 Å². The molecule has 2 N–H and O–H groups in total. The fourth-order valence-corrected chi connectivity index (χ4v) is 3.04. The lowest BCUT2D eigenvalue weighted by molar-refractivity contribution is -0.157. The maximum atomic E-state index is 12.3. The topological polar surface area (TPSA) is 84.9 Å². The Morgan fingerprint density at radius 1 is 1.32 bits per heavy atom. The van der Waals surface area contributed by atoms with E-state index in [2.05, 4.69) is 5.32 Å². The van der Waals surface area contributed by atoms with Crippen LogP contribution >= 0.6 is 0 Å². The van der Waals surface area contributed by atoms with Gasteiger partial charge in [0.2, 0.25) is 5.91 Å². The third kappa shape index (κ3) is 4.44. The number of benzene rings is 1. The van der Waals surface area contributed by atoms with Crippen LogP contribution in [-0.2, 0) is 9.59 Å². The summed E-state index contributed by atoms with van der Waals surface area (Å²) < 4.78 is 11.0. The zero-order valence-electron chi connectivity index (χ0n) is 15.1. The maximum Gasteiger partial charge on any atom is 0.310 e. The summed E-state index contributed by atoms with van der Waals surface area (Å²) in [5.41, 5.74) is 0.00586. The van der Waals surface area contributed by atoms with Crippen LogP contribution in [0.25, 0.3) is 0 Å². The first kappa shape index (κ1) is 19.1. The van der Waals surface area contributed by atoms with Crippen LogP contribution < -0.4 is 14.8 Å². The number of hydrogen-bond acceptors (Lipinski definition) is 4. The van der Waals surface area contributed by atoms with Gasteiger partial charge in [-0.1, -0.05) is 19.4 Å². The smallest absolute Gasteiger partial charge is 0.310 e. The van der Waals surface area contributed by atoms with E-state index in [1.54, 1.807) is 7.11 Å². The number of methoxy groups -OCH3 is 1. The van der Waals surface area contributed by atoms with Crippen LogP contribution in [-0.4, -0.2) is 30.7 Å². The van der Waals surface area contributed by atoms with Gasteiger partial charge in [0.25, 0.3) is 0 Å². The summed E-state index contributed by atoms with van der Waals surface area (Å²) in [7, 11) is 1.58. The van der Waals surface area contributed by atoms with E-state index in [4.69, 9.17) is 9.47 Å². The zero-order chi connectivity index (χ0) is 18.4. The Balaban J connectivity index is 2.01. The number of carbonyl (C=O) groups excluding carboxylic acids is 1. The Labute approximate surface area is 148 Å². The van der Waals surface area contributed by atoms with Gasteiger partial charge < -0.3 is 19.9 Å². The Hall–Kier alpha value is -2.24. The molecule has 138 valence electrons. The fraction of sp³-hybridized carbons (Fsp3) is 0.579. The van der Waals surface area contributed by atoms with Crippen molar-refractivity contribution in [3.05, 3.63) is 23.8 Å². The molecule has 0 heterocycles. The van der Waals surface area contributed by atoms with Crippen LogP contribution in [0.15, 0.2) is 18.2 Å². The van der Waals surface area contributed by atoms with E-state index in [0.29, 0.717) is 30.9 Å². The van der Waals surface area contributed by atoms with Crippen molar-refractivity contribution in [2.45, 2.75) is 52.0 Å². The minimum Gasteiger partial charge on any atom is -0.493 e. The summed E-state index contributed by atoms with van der Waals surface area (Å²) in [6, 6.07) is 5.31. The highest BCUT2D eigenvalue weighted by Gasteiger charge is 2.46. The van der Waals surface area contributed by atoms with Gasteiger partial charge in [-0.05, 0) is 43.9 Å². The largest absolute Gasteiger partial charge is 0.493 e. The van der Waals surface area contributed by atoms with Crippen LogP contribution in [0.1, 0.15) is 57.6 Å². The van der Waals surface area contributed by atoms with Crippen molar-refractivity contribution in [3.63, 3.8) is 0 Å². The van der Waals surface area contributed by atoms with Crippen molar-refractivity contribution >= 4 is 11.9 Å². The van der Waals surface area contributed by atoms with Gasteiger partial charge >= 0.3 is 5.97 Å². The van der Waals surface area contributed by atoms with E-state index in [-0.39, 0.29) is 18.4 Å². The molecule has 1 aromatic rings. The van der Waals surface area contributed by atoms with Crippen molar-refractivity contribution in [1.29, 1.82) is 0 Å². The van der Waals surface area contributed by atoms with Gasteiger partial charge in [0.05, 0.1) is 25.2 Å². The van der Waals surface area contributed by atoms with Gasteiger partial charge in [-0.25, -0.2) is 0 Å². The number of carbonyl (C=O) groups is 2. The third-order valence-electron chi connectivity index (χ3n) is 4.79. The molecule has 1 aromatic carbocycles. The van der Waals surface area contributed by atoms with E-state index in [1.165, 1.54) is 0 Å². The molecule has 0 bridgehead atoms. The van der Waals surface area contributed by atoms with Crippen molar-refractivity contribution in [2.75, 3.05) is 13.7 Å². The van der Waals surface area contributed by atoms with Gasteiger partial charge in [-0.2, -0.15) is 0 Å². The minimum atomic E-state index is -0.876. The third-order valence-corrected chi connectivity index (χ3v) is 4.79. The van der Waals surface area contributed by atoms with Gasteiger partial charge in [-0.3, -0.25) is 9.59 Å². The van der Waals surface area contributed by atoms with E-state index in [0.717, 1.165) is 18.4 Å². The first-order valence-corrected chi connectivity index (χ1v) is 8.75. The van der Waals surface area contributed by atoms with Gasteiger partial charge in [-0.15, -0.1) is 0 Å². The molecular weight excluding hydrogens is 322 g/mol. The summed E-state index contributed by atoms with van der Waals surface area (Å²) in [4.78, 5) is 23.7. The monoisotopic (exact) mass is 349 g/mol.